The summed E-state index contributed by atoms with van der Waals surface area (Å²) in [4.78, 5) is 14.9. The smallest absolute Gasteiger partial charge is 0.227 e. The third-order valence-corrected chi connectivity index (χ3v) is 5.21. The molecule has 0 unspecified atom stereocenters. The van der Waals surface area contributed by atoms with Crippen LogP contribution in [0, 0.1) is 6.92 Å². The first-order valence-corrected chi connectivity index (χ1v) is 9.67. The van der Waals surface area contributed by atoms with Crippen molar-refractivity contribution in [2.75, 3.05) is 13.7 Å². The van der Waals surface area contributed by atoms with Gasteiger partial charge in [-0.05, 0) is 31.5 Å². The Morgan fingerprint density at radius 3 is 2.79 bits per heavy atom. The van der Waals surface area contributed by atoms with Crippen molar-refractivity contribution in [2.45, 2.75) is 32.9 Å². The highest BCUT2D eigenvalue weighted by molar-refractivity contribution is 5.79. The number of methoxy groups -OCH3 is 1. The van der Waals surface area contributed by atoms with Crippen LogP contribution >= 0.6 is 0 Å². The zero-order valence-corrected chi connectivity index (χ0v) is 16.4. The fourth-order valence-electron chi connectivity index (χ4n) is 3.74. The summed E-state index contributed by atoms with van der Waals surface area (Å²) in [5, 5.41) is 4.79. The Morgan fingerprint density at radius 1 is 1.11 bits per heavy atom. The SMILES string of the molecule is COc1ccccc1CC(=O)N1CCCn2nc(-c3cccc(C)c3)cc2C1. The maximum absolute atomic E-state index is 13.0. The number of carbonyl (C=O) groups excluding carboxylic acids is 1. The largest absolute Gasteiger partial charge is 0.496 e. The van der Waals surface area contributed by atoms with Gasteiger partial charge in [0.25, 0.3) is 0 Å². The molecule has 0 atom stereocenters. The molecule has 5 nitrogen and oxygen atoms in total. The standard InChI is InChI=1S/C23H25N3O2/c1-17-7-5-9-18(13-17)21-15-20-16-25(11-6-12-26(20)24-21)23(27)14-19-8-3-4-10-22(19)28-2/h3-5,7-10,13,15H,6,11-12,14,16H2,1-2H3. The molecule has 1 aromatic heterocycles. The maximum Gasteiger partial charge on any atom is 0.227 e. The Labute approximate surface area is 165 Å². The Balaban J connectivity index is 1.53. The highest BCUT2D eigenvalue weighted by Gasteiger charge is 2.22. The van der Waals surface area contributed by atoms with Crippen molar-refractivity contribution in [1.82, 2.24) is 14.7 Å². The van der Waals surface area contributed by atoms with Crippen molar-refractivity contribution in [2.24, 2.45) is 0 Å². The van der Waals surface area contributed by atoms with Gasteiger partial charge in [0.2, 0.25) is 5.91 Å². The van der Waals surface area contributed by atoms with Crippen molar-refractivity contribution in [3.8, 4) is 17.0 Å². The monoisotopic (exact) mass is 375 g/mol. The number of hydrogen-bond acceptors (Lipinski definition) is 3. The molecular formula is C23H25N3O2. The predicted octanol–water partition coefficient (Wildman–Crippen LogP) is 3.84. The van der Waals surface area contributed by atoms with Crippen LogP contribution in [-0.2, 0) is 24.3 Å². The average Bonchev–Trinajstić information content (AvgIpc) is 3.00. The van der Waals surface area contributed by atoms with E-state index in [9.17, 15) is 4.79 Å². The lowest BCUT2D eigenvalue weighted by Crippen LogP contribution is -2.32. The molecule has 1 aliphatic rings. The van der Waals surface area contributed by atoms with Gasteiger partial charge in [0.05, 0.1) is 31.5 Å². The van der Waals surface area contributed by atoms with Gasteiger partial charge < -0.3 is 9.64 Å². The number of fused-ring (bicyclic) bond motifs is 1. The maximum atomic E-state index is 13.0. The molecule has 0 N–H and O–H groups in total. The van der Waals surface area contributed by atoms with Gasteiger partial charge in [0.15, 0.2) is 0 Å². The van der Waals surface area contributed by atoms with Gasteiger partial charge in [0.1, 0.15) is 5.75 Å². The molecule has 0 saturated carbocycles. The summed E-state index contributed by atoms with van der Waals surface area (Å²) in [6, 6.07) is 18.2. The Kier molecular flexibility index (Phi) is 5.15. The normalized spacial score (nSPS) is 13.7. The molecule has 5 heteroatoms. The number of nitrogens with zero attached hydrogens (tertiary/aromatic N) is 3. The van der Waals surface area contributed by atoms with Gasteiger partial charge in [-0.25, -0.2) is 0 Å². The summed E-state index contributed by atoms with van der Waals surface area (Å²) in [6.07, 6.45) is 1.25. The fraction of sp³-hybridized carbons (Fsp3) is 0.304. The van der Waals surface area contributed by atoms with Crippen LogP contribution in [0.3, 0.4) is 0 Å². The zero-order chi connectivity index (χ0) is 19.5. The molecule has 0 spiro atoms. The summed E-state index contributed by atoms with van der Waals surface area (Å²) in [5.41, 5.74) is 5.31. The molecule has 0 bridgehead atoms. The number of ether oxygens (including phenoxy) is 1. The van der Waals surface area contributed by atoms with Crippen LogP contribution in [0.1, 0.15) is 23.2 Å². The van der Waals surface area contributed by atoms with E-state index >= 15 is 0 Å². The zero-order valence-electron chi connectivity index (χ0n) is 16.4. The highest BCUT2D eigenvalue weighted by Crippen LogP contribution is 2.24. The van der Waals surface area contributed by atoms with Gasteiger partial charge in [-0.2, -0.15) is 5.10 Å². The second-order valence-electron chi connectivity index (χ2n) is 7.27. The fourth-order valence-corrected chi connectivity index (χ4v) is 3.74. The Hall–Kier alpha value is -3.08. The van der Waals surface area contributed by atoms with E-state index in [0.717, 1.165) is 47.8 Å². The van der Waals surface area contributed by atoms with Crippen LogP contribution in [0.2, 0.25) is 0 Å². The minimum atomic E-state index is 0.122. The molecule has 2 aromatic carbocycles. The molecule has 0 fully saturated rings. The molecule has 2 heterocycles. The first-order valence-electron chi connectivity index (χ1n) is 9.67. The number of rotatable bonds is 4. The minimum Gasteiger partial charge on any atom is -0.496 e. The lowest BCUT2D eigenvalue weighted by atomic mass is 10.1. The summed E-state index contributed by atoms with van der Waals surface area (Å²) < 4.78 is 7.44. The number of aryl methyl sites for hydroxylation is 2. The molecule has 1 aliphatic heterocycles. The first kappa shape index (κ1) is 18.3. The van der Waals surface area contributed by atoms with Crippen LogP contribution in [0.5, 0.6) is 5.75 Å². The van der Waals surface area contributed by atoms with Gasteiger partial charge in [-0.3, -0.25) is 9.48 Å². The molecule has 0 aliphatic carbocycles. The second kappa shape index (κ2) is 7.89. The third kappa shape index (κ3) is 3.79. The molecule has 0 saturated heterocycles. The molecule has 144 valence electrons. The van der Waals surface area contributed by atoms with Crippen LogP contribution in [0.25, 0.3) is 11.3 Å². The van der Waals surface area contributed by atoms with E-state index in [1.54, 1.807) is 7.11 Å². The molecule has 0 radical (unpaired) electrons. The topological polar surface area (TPSA) is 47.4 Å². The molecule has 28 heavy (non-hydrogen) atoms. The van der Waals surface area contributed by atoms with E-state index in [-0.39, 0.29) is 5.91 Å². The Morgan fingerprint density at radius 2 is 1.96 bits per heavy atom. The van der Waals surface area contributed by atoms with E-state index in [4.69, 9.17) is 9.84 Å². The molecular weight excluding hydrogens is 350 g/mol. The number of hydrogen-bond donors (Lipinski definition) is 0. The van der Waals surface area contributed by atoms with Crippen molar-refractivity contribution < 1.29 is 9.53 Å². The summed E-state index contributed by atoms with van der Waals surface area (Å²) in [7, 11) is 1.64. The summed E-state index contributed by atoms with van der Waals surface area (Å²) in [6.45, 7) is 4.26. The van der Waals surface area contributed by atoms with Gasteiger partial charge in [-0.1, -0.05) is 42.0 Å². The second-order valence-corrected chi connectivity index (χ2v) is 7.27. The predicted molar refractivity (Wildman–Crippen MR) is 109 cm³/mol. The van der Waals surface area contributed by atoms with Crippen LogP contribution in [0.15, 0.2) is 54.6 Å². The van der Waals surface area contributed by atoms with Crippen molar-refractivity contribution in [1.29, 1.82) is 0 Å². The number of amides is 1. The van der Waals surface area contributed by atoms with Gasteiger partial charge >= 0.3 is 0 Å². The lowest BCUT2D eigenvalue weighted by molar-refractivity contribution is -0.131. The van der Waals surface area contributed by atoms with Crippen LogP contribution < -0.4 is 4.74 Å². The summed E-state index contributed by atoms with van der Waals surface area (Å²) in [5.74, 6) is 0.883. The lowest BCUT2D eigenvalue weighted by Gasteiger charge is -2.20. The average molecular weight is 375 g/mol. The number of carbonyl (C=O) groups is 1. The van der Waals surface area contributed by atoms with Crippen molar-refractivity contribution >= 4 is 5.91 Å². The number of para-hydroxylation sites is 1. The van der Waals surface area contributed by atoms with E-state index in [2.05, 4.69) is 37.3 Å². The highest BCUT2D eigenvalue weighted by atomic mass is 16.5. The quantitative estimate of drug-likeness (QED) is 0.696. The van der Waals surface area contributed by atoms with Gasteiger partial charge in [-0.15, -0.1) is 0 Å². The van der Waals surface area contributed by atoms with Crippen LogP contribution in [-0.4, -0.2) is 34.2 Å². The number of aromatic nitrogens is 2. The van der Waals surface area contributed by atoms with Gasteiger partial charge in [0, 0.05) is 24.2 Å². The summed E-state index contributed by atoms with van der Waals surface area (Å²) >= 11 is 0. The van der Waals surface area contributed by atoms with E-state index < -0.39 is 0 Å². The van der Waals surface area contributed by atoms with Crippen molar-refractivity contribution in [3.63, 3.8) is 0 Å². The van der Waals surface area contributed by atoms with E-state index in [1.807, 2.05) is 33.8 Å². The number of benzene rings is 2. The Bertz CT molecular complexity index is 993. The van der Waals surface area contributed by atoms with E-state index in [0.29, 0.717) is 13.0 Å². The minimum absolute atomic E-state index is 0.122. The van der Waals surface area contributed by atoms with Crippen molar-refractivity contribution in [3.05, 3.63) is 71.4 Å². The molecule has 1 amide bonds. The molecule has 3 aromatic rings. The first-order chi connectivity index (χ1) is 13.6. The van der Waals surface area contributed by atoms with E-state index in [1.165, 1.54) is 5.56 Å². The molecule has 4 rings (SSSR count). The third-order valence-electron chi connectivity index (χ3n) is 5.21. The van der Waals surface area contributed by atoms with Crippen LogP contribution in [0.4, 0.5) is 0 Å².